The van der Waals surface area contributed by atoms with Gasteiger partial charge in [-0.15, -0.1) is 0 Å². The third-order valence-corrected chi connectivity index (χ3v) is 5.11. The Morgan fingerprint density at radius 2 is 1.88 bits per heavy atom. The van der Waals surface area contributed by atoms with Crippen LogP contribution in [0.1, 0.15) is 5.56 Å². The van der Waals surface area contributed by atoms with E-state index in [1.165, 1.54) is 7.05 Å². The van der Waals surface area contributed by atoms with Gasteiger partial charge in [-0.3, -0.25) is 4.31 Å². The number of ether oxygens (including phenoxy) is 1. The fourth-order valence-corrected chi connectivity index (χ4v) is 2.93. The van der Waals surface area contributed by atoms with Gasteiger partial charge in [-0.25, -0.2) is 13.2 Å². The van der Waals surface area contributed by atoms with Crippen LogP contribution in [0.25, 0.3) is 11.1 Å². The summed E-state index contributed by atoms with van der Waals surface area (Å²) in [6.45, 7) is 1.37. The van der Waals surface area contributed by atoms with Gasteiger partial charge in [-0.2, -0.15) is 0 Å². The van der Waals surface area contributed by atoms with E-state index < -0.39 is 22.6 Å². The van der Waals surface area contributed by atoms with Crippen molar-refractivity contribution in [3.63, 3.8) is 0 Å². The second-order valence-electron chi connectivity index (χ2n) is 5.55. The number of hydrogen-bond donors (Lipinski definition) is 1. The number of anilines is 1. The highest BCUT2D eigenvalue weighted by Crippen LogP contribution is 2.36. The number of carboxylic acids is 1. The van der Waals surface area contributed by atoms with Crippen molar-refractivity contribution in [2.75, 3.05) is 24.2 Å². The summed E-state index contributed by atoms with van der Waals surface area (Å²) in [4.78, 5) is 10.8. The average Bonchev–Trinajstić information content (AvgIpc) is 2.52. The van der Waals surface area contributed by atoms with Gasteiger partial charge in [0.15, 0.2) is 6.61 Å². The van der Waals surface area contributed by atoms with Crippen LogP contribution >= 0.6 is 11.6 Å². The van der Waals surface area contributed by atoms with Crippen LogP contribution in [0.15, 0.2) is 36.4 Å². The van der Waals surface area contributed by atoms with Crippen LogP contribution in [0.4, 0.5) is 5.69 Å². The van der Waals surface area contributed by atoms with Gasteiger partial charge in [0.05, 0.1) is 11.9 Å². The van der Waals surface area contributed by atoms with Crippen molar-refractivity contribution >= 4 is 33.3 Å². The second kappa shape index (κ2) is 7.33. The topological polar surface area (TPSA) is 83.9 Å². The van der Waals surface area contributed by atoms with Crippen molar-refractivity contribution in [3.8, 4) is 16.9 Å². The zero-order chi connectivity index (χ0) is 18.8. The molecule has 0 aliphatic rings. The molecular weight excluding hydrogens is 366 g/mol. The van der Waals surface area contributed by atoms with Crippen LogP contribution in [0.3, 0.4) is 0 Å². The molecule has 0 saturated carbocycles. The van der Waals surface area contributed by atoms with E-state index in [9.17, 15) is 13.2 Å². The molecule has 0 amide bonds. The van der Waals surface area contributed by atoms with E-state index >= 15 is 0 Å². The number of nitrogens with zero attached hydrogens (tertiary/aromatic N) is 1. The molecule has 25 heavy (non-hydrogen) atoms. The lowest BCUT2D eigenvalue weighted by Crippen LogP contribution is -2.24. The molecule has 2 rings (SSSR count). The Bertz CT molecular complexity index is 911. The largest absolute Gasteiger partial charge is 0.481 e. The predicted octanol–water partition coefficient (Wildman–Crippen LogP) is 3.17. The van der Waals surface area contributed by atoms with E-state index in [4.69, 9.17) is 21.4 Å². The quantitative estimate of drug-likeness (QED) is 0.828. The van der Waals surface area contributed by atoms with Gasteiger partial charge in [0.25, 0.3) is 0 Å². The van der Waals surface area contributed by atoms with Crippen LogP contribution in [-0.2, 0) is 14.8 Å². The Morgan fingerprint density at radius 3 is 2.48 bits per heavy atom. The van der Waals surface area contributed by atoms with E-state index in [2.05, 4.69) is 0 Å². The highest BCUT2D eigenvalue weighted by molar-refractivity contribution is 7.92. The minimum Gasteiger partial charge on any atom is -0.481 e. The fourth-order valence-electron chi connectivity index (χ4n) is 2.27. The zero-order valence-corrected chi connectivity index (χ0v) is 15.6. The van der Waals surface area contributed by atoms with Crippen molar-refractivity contribution < 1.29 is 23.1 Å². The third kappa shape index (κ3) is 4.64. The Labute approximate surface area is 151 Å². The van der Waals surface area contributed by atoms with Crippen molar-refractivity contribution in [2.24, 2.45) is 0 Å². The Hall–Kier alpha value is -2.25. The molecule has 0 radical (unpaired) electrons. The molecule has 0 fully saturated rings. The van der Waals surface area contributed by atoms with Crippen molar-refractivity contribution in [1.82, 2.24) is 0 Å². The van der Waals surface area contributed by atoms with E-state index in [0.717, 1.165) is 16.1 Å². The number of aliphatic carboxylic acids is 1. The number of hydrogen-bond acceptors (Lipinski definition) is 4. The minimum atomic E-state index is -3.41. The van der Waals surface area contributed by atoms with Gasteiger partial charge in [0.2, 0.25) is 10.0 Å². The lowest BCUT2D eigenvalue weighted by molar-refractivity contribution is -0.139. The lowest BCUT2D eigenvalue weighted by atomic mass is 9.99. The molecule has 8 heteroatoms. The highest BCUT2D eigenvalue weighted by atomic mass is 35.5. The Morgan fingerprint density at radius 1 is 1.20 bits per heavy atom. The van der Waals surface area contributed by atoms with Crippen LogP contribution in [0.5, 0.6) is 5.75 Å². The summed E-state index contributed by atoms with van der Waals surface area (Å²) in [5.41, 5.74) is 2.64. The number of carboxylic acid groups (broad SMARTS) is 1. The van der Waals surface area contributed by atoms with Crippen molar-refractivity contribution in [3.05, 3.63) is 47.0 Å². The van der Waals surface area contributed by atoms with Crippen LogP contribution in [0.2, 0.25) is 5.02 Å². The highest BCUT2D eigenvalue weighted by Gasteiger charge is 2.16. The molecule has 0 unspecified atom stereocenters. The number of carbonyl (C=O) groups is 1. The lowest BCUT2D eigenvalue weighted by Gasteiger charge is -2.19. The zero-order valence-electron chi connectivity index (χ0n) is 14.0. The summed E-state index contributed by atoms with van der Waals surface area (Å²) in [5, 5.41) is 9.28. The van der Waals surface area contributed by atoms with Crippen LogP contribution in [0, 0.1) is 6.92 Å². The van der Waals surface area contributed by atoms with Crippen LogP contribution < -0.4 is 9.04 Å². The van der Waals surface area contributed by atoms with E-state index in [-0.39, 0.29) is 0 Å². The Kier molecular flexibility index (Phi) is 5.59. The van der Waals surface area contributed by atoms with Crippen molar-refractivity contribution in [2.45, 2.75) is 6.92 Å². The molecule has 0 heterocycles. The van der Waals surface area contributed by atoms with Gasteiger partial charge in [0.1, 0.15) is 5.75 Å². The Balaban J connectivity index is 2.57. The SMILES string of the molecule is Cc1ccc(N(C)S(C)(=O)=O)cc1-c1cc(Cl)ccc1OCC(=O)O. The summed E-state index contributed by atoms with van der Waals surface area (Å²) in [7, 11) is -1.95. The number of sulfonamides is 1. The third-order valence-electron chi connectivity index (χ3n) is 3.67. The van der Waals surface area contributed by atoms with Crippen LogP contribution in [-0.4, -0.2) is 39.4 Å². The van der Waals surface area contributed by atoms with Gasteiger partial charge >= 0.3 is 5.97 Å². The van der Waals surface area contributed by atoms with Gasteiger partial charge in [0, 0.05) is 17.6 Å². The summed E-state index contributed by atoms with van der Waals surface area (Å²) in [6, 6.07) is 10.0. The first-order chi connectivity index (χ1) is 11.6. The molecule has 6 nitrogen and oxygen atoms in total. The van der Waals surface area contributed by atoms with E-state index in [0.29, 0.717) is 27.6 Å². The summed E-state index contributed by atoms with van der Waals surface area (Å²) in [5.74, 6) is -0.739. The second-order valence-corrected chi connectivity index (χ2v) is 8.00. The normalized spacial score (nSPS) is 11.2. The summed E-state index contributed by atoms with van der Waals surface area (Å²) < 4.78 is 30.1. The maximum absolute atomic E-state index is 11.8. The molecule has 0 atom stereocenters. The molecule has 2 aromatic rings. The minimum absolute atomic E-state index is 0.356. The summed E-state index contributed by atoms with van der Waals surface area (Å²) >= 11 is 6.08. The first-order valence-electron chi connectivity index (χ1n) is 7.28. The standard InChI is InChI=1S/C17H18ClNO5S/c1-11-4-6-13(19(2)25(3,22)23)9-14(11)15-8-12(18)5-7-16(15)24-10-17(20)21/h4-9H,10H2,1-3H3,(H,20,21). The molecule has 0 bridgehead atoms. The monoisotopic (exact) mass is 383 g/mol. The summed E-state index contributed by atoms with van der Waals surface area (Å²) in [6.07, 6.45) is 1.12. The molecule has 2 aromatic carbocycles. The first kappa shape index (κ1) is 19.1. The molecule has 0 aliphatic heterocycles. The maximum atomic E-state index is 11.8. The van der Waals surface area contributed by atoms with E-state index in [1.807, 2.05) is 6.92 Å². The number of benzene rings is 2. The number of rotatable bonds is 6. The van der Waals surface area contributed by atoms with Gasteiger partial charge < -0.3 is 9.84 Å². The maximum Gasteiger partial charge on any atom is 0.341 e. The molecule has 1 N–H and O–H groups in total. The van der Waals surface area contributed by atoms with Gasteiger partial charge in [-0.05, 0) is 48.4 Å². The molecular formula is C17H18ClNO5S. The molecule has 134 valence electrons. The van der Waals surface area contributed by atoms with Gasteiger partial charge in [-0.1, -0.05) is 17.7 Å². The first-order valence-corrected chi connectivity index (χ1v) is 9.51. The van der Waals surface area contributed by atoms with E-state index in [1.54, 1.807) is 36.4 Å². The molecule has 0 saturated heterocycles. The molecule has 0 aliphatic carbocycles. The average molecular weight is 384 g/mol. The number of aryl methyl sites for hydroxylation is 1. The molecule has 0 aromatic heterocycles. The molecule has 0 spiro atoms. The number of halogens is 1. The predicted molar refractivity (Wildman–Crippen MR) is 98.0 cm³/mol. The van der Waals surface area contributed by atoms with Crippen molar-refractivity contribution in [1.29, 1.82) is 0 Å². The smallest absolute Gasteiger partial charge is 0.341 e. The fraction of sp³-hybridized carbons (Fsp3) is 0.235.